The zero-order valence-corrected chi connectivity index (χ0v) is 28.2. The molecule has 1 aromatic heterocycles. The molecule has 9 aromatic rings. The van der Waals surface area contributed by atoms with Gasteiger partial charge in [0, 0.05) is 26.8 Å². The number of nitrogens with zero attached hydrogens (tertiary/aromatic N) is 1. The van der Waals surface area contributed by atoms with Gasteiger partial charge in [0.25, 0.3) is 0 Å². The van der Waals surface area contributed by atoms with Gasteiger partial charge in [-0.2, -0.15) is 0 Å². The maximum absolute atomic E-state index is 2.34. The second-order valence-electron chi connectivity index (χ2n) is 12.7. The molecule has 0 spiro atoms. The van der Waals surface area contributed by atoms with Crippen LogP contribution in [0.25, 0.3) is 65.4 Å². The molecular weight excluding hydrogens is 623 g/mol. The first-order chi connectivity index (χ1) is 24.7. The highest BCUT2D eigenvalue weighted by Crippen LogP contribution is 2.38. The van der Waals surface area contributed by atoms with E-state index in [2.05, 4.69) is 205 Å². The fourth-order valence-electron chi connectivity index (χ4n) is 6.80. The molecule has 0 radical (unpaired) electrons. The van der Waals surface area contributed by atoms with Crippen LogP contribution in [0.15, 0.2) is 188 Å². The predicted molar refractivity (Wildman–Crippen MR) is 218 cm³/mol. The van der Waals surface area contributed by atoms with Crippen molar-refractivity contribution < 1.29 is 0 Å². The number of fused-ring (bicyclic) bond motifs is 3. The Balaban J connectivity index is 0.969. The van der Waals surface area contributed by atoms with E-state index in [-0.39, 0.29) is 0 Å². The van der Waals surface area contributed by atoms with Gasteiger partial charge in [-0.1, -0.05) is 133 Å². The van der Waals surface area contributed by atoms with Gasteiger partial charge < -0.3 is 4.90 Å². The Morgan fingerprint density at radius 1 is 0.320 bits per heavy atom. The molecule has 2 heteroatoms. The largest absolute Gasteiger partial charge is 0.310 e. The van der Waals surface area contributed by atoms with E-state index in [4.69, 9.17) is 0 Å². The van der Waals surface area contributed by atoms with Crippen molar-refractivity contribution in [2.75, 3.05) is 4.90 Å². The van der Waals surface area contributed by atoms with E-state index in [9.17, 15) is 0 Å². The lowest BCUT2D eigenvalue weighted by Gasteiger charge is -2.26. The van der Waals surface area contributed by atoms with Crippen LogP contribution < -0.4 is 4.90 Å². The number of anilines is 3. The first kappa shape index (κ1) is 29.9. The van der Waals surface area contributed by atoms with Gasteiger partial charge >= 0.3 is 0 Å². The summed E-state index contributed by atoms with van der Waals surface area (Å²) in [4.78, 5) is 4.93. The van der Waals surface area contributed by atoms with Crippen LogP contribution in [0.5, 0.6) is 0 Å². The quantitative estimate of drug-likeness (QED) is 0.154. The number of thiophene rings is 1. The molecule has 0 bridgehead atoms. The number of benzene rings is 8. The average Bonchev–Trinajstić information content (AvgIpc) is 3.68. The summed E-state index contributed by atoms with van der Waals surface area (Å²) in [7, 11) is 0. The molecule has 0 saturated heterocycles. The Kier molecular flexibility index (Phi) is 7.77. The van der Waals surface area contributed by atoms with Gasteiger partial charge in [0.05, 0.1) is 0 Å². The standard InChI is InChI=1S/C48H33NS/c1-3-10-37(11-4-1)47-27-28-48(50-47)43-22-21-39-29-34(17-19-41(39)31-43)15-16-35-18-20-42-33-46(26-24-40(42)30-35)49(44-13-5-2-6-14-44)45-25-23-36-9-7-8-12-38(36)32-45/h1-33H/b16-15+. The molecule has 0 atom stereocenters. The van der Waals surface area contributed by atoms with Gasteiger partial charge in [-0.05, 0) is 121 Å². The Morgan fingerprint density at radius 3 is 1.48 bits per heavy atom. The van der Waals surface area contributed by atoms with Crippen molar-refractivity contribution >= 4 is 72.9 Å². The van der Waals surface area contributed by atoms with Crippen LogP contribution in [0, 0.1) is 0 Å². The van der Waals surface area contributed by atoms with E-state index in [1.807, 2.05) is 11.3 Å². The van der Waals surface area contributed by atoms with E-state index < -0.39 is 0 Å². The number of para-hydroxylation sites is 1. The summed E-state index contributed by atoms with van der Waals surface area (Å²) < 4.78 is 0. The molecule has 0 fully saturated rings. The second kappa shape index (κ2) is 13.0. The molecule has 1 nitrogen and oxygen atoms in total. The third-order valence-electron chi connectivity index (χ3n) is 9.39. The van der Waals surface area contributed by atoms with Gasteiger partial charge in [-0.15, -0.1) is 11.3 Å². The van der Waals surface area contributed by atoms with Crippen molar-refractivity contribution in [3.05, 3.63) is 199 Å². The molecule has 0 N–H and O–H groups in total. The summed E-state index contributed by atoms with van der Waals surface area (Å²) in [6.07, 6.45) is 4.43. The lowest BCUT2D eigenvalue weighted by atomic mass is 10.0. The van der Waals surface area contributed by atoms with Crippen molar-refractivity contribution in [2.24, 2.45) is 0 Å². The maximum Gasteiger partial charge on any atom is 0.0468 e. The fourth-order valence-corrected chi connectivity index (χ4v) is 7.81. The number of rotatable bonds is 7. The van der Waals surface area contributed by atoms with Crippen LogP contribution >= 0.6 is 11.3 Å². The van der Waals surface area contributed by atoms with E-state index in [0.29, 0.717) is 0 Å². The van der Waals surface area contributed by atoms with Crippen LogP contribution in [0.1, 0.15) is 11.1 Å². The van der Waals surface area contributed by atoms with Gasteiger partial charge in [-0.25, -0.2) is 0 Å². The summed E-state index contributed by atoms with van der Waals surface area (Å²) in [5.74, 6) is 0. The Bertz CT molecular complexity index is 2650. The van der Waals surface area contributed by atoms with Crippen molar-refractivity contribution in [3.8, 4) is 20.9 Å². The molecule has 9 rings (SSSR count). The van der Waals surface area contributed by atoms with Crippen LogP contribution in [0.4, 0.5) is 17.1 Å². The Hall–Kier alpha value is -6.22. The Labute approximate surface area is 296 Å². The van der Waals surface area contributed by atoms with Crippen LogP contribution in [-0.4, -0.2) is 0 Å². The highest BCUT2D eigenvalue weighted by Gasteiger charge is 2.14. The van der Waals surface area contributed by atoms with Crippen molar-refractivity contribution in [3.63, 3.8) is 0 Å². The molecular formula is C48H33NS. The van der Waals surface area contributed by atoms with E-state index in [0.717, 1.165) is 17.1 Å². The second-order valence-corrected chi connectivity index (χ2v) is 13.8. The molecule has 0 unspecified atom stereocenters. The fraction of sp³-hybridized carbons (Fsp3) is 0. The lowest BCUT2D eigenvalue weighted by molar-refractivity contribution is 1.29. The summed E-state index contributed by atoms with van der Waals surface area (Å²) in [6.45, 7) is 0. The zero-order valence-electron chi connectivity index (χ0n) is 27.4. The normalized spacial score (nSPS) is 11.5. The Morgan fingerprint density at radius 2 is 0.800 bits per heavy atom. The van der Waals surface area contributed by atoms with E-state index in [1.165, 1.54) is 64.3 Å². The highest BCUT2D eigenvalue weighted by atomic mass is 32.1. The minimum Gasteiger partial charge on any atom is -0.310 e. The molecule has 0 aliphatic carbocycles. The minimum atomic E-state index is 1.14. The van der Waals surface area contributed by atoms with Crippen LogP contribution in [0.2, 0.25) is 0 Å². The predicted octanol–water partition coefficient (Wildman–Crippen LogP) is 14.2. The third kappa shape index (κ3) is 5.98. The maximum atomic E-state index is 2.34. The van der Waals surface area contributed by atoms with Crippen molar-refractivity contribution in [1.29, 1.82) is 0 Å². The lowest BCUT2D eigenvalue weighted by Crippen LogP contribution is -2.09. The first-order valence-electron chi connectivity index (χ1n) is 17.0. The molecule has 0 aliphatic rings. The number of hydrogen-bond donors (Lipinski definition) is 0. The van der Waals surface area contributed by atoms with Crippen LogP contribution in [-0.2, 0) is 0 Å². The molecule has 1 heterocycles. The van der Waals surface area contributed by atoms with E-state index >= 15 is 0 Å². The van der Waals surface area contributed by atoms with E-state index in [1.54, 1.807) is 0 Å². The van der Waals surface area contributed by atoms with Gasteiger partial charge in [0.15, 0.2) is 0 Å². The van der Waals surface area contributed by atoms with Crippen molar-refractivity contribution in [2.45, 2.75) is 0 Å². The SMILES string of the molecule is C(=C\c1ccc2cc(N(c3ccccc3)c3ccc4ccccc4c3)ccc2c1)/c1ccc2cc(-c3ccc(-c4ccccc4)s3)ccc2c1. The molecule has 236 valence electrons. The number of hydrogen-bond acceptors (Lipinski definition) is 2. The molecule has 50 heavy (non-hydrogen) atoms. The third-order valence-corrected chi connectivity index (χ3v) is 10.6. The monoisotopic (exact) mass is 655 g/mol. The summed E-state index contributed by atoms with van der Waals surface area (Å²) in [5.41, 5.74) is 8.32. The first-order valence-corrected chi connectivity index (χ1v) is 17.8. The molecule has 8 aromatic carbocycles. The summed E-state index contributed by atoms with van der Waals surface area (Å²) in [5, 5.41) is 7.41. The average molecular weight is 656 g/mol. The summed E-state index contributed by atoms with van der Waals surface area (Å²) >= 11 is 1.84. The molecule has 0 saturated carbocycles. The van der Waals surface area contributed by atoms with Gasteiger partial charge in [0.2, 0.25) is 0 Å². The smallest absolute Gasteiger partial charge is 0.0468 e. The van der Waals surface area contributed by atoms with Gasteiger partial charge in [0.1, 0.15) is 0 Å². The van der Waals surface area contributed by atoms with Crippen LogP contribution in [0.3, 0.4) is 0 Å². The zero-order chi connectivity index (χ0) is 33.3. The summed E-state index contributed by atoms with van der Waals surface area (Å²) in [6, 6.07) is 67.9. The minimum absolute atomic E-state index is 1.14. The topological polar surface area (TPSA) is 3.24 Å². The molecule has 0 aliphatic heterocycles. The molecule has 0 amide bonds. The highest BCUT2D eigenvalue weighted by molar-refractivity contribution is 7.18. The van der Waals surface area contributed by atoms with Gasteiger partial charge in [-0.3, -0.25) is 0 Å². The van der Waals surface area contributed by atoms with Crippen molar-refractivity contribution in [1.82, 2.24) is 0 Å².